The smallest absolute Gasteiger partial charge is 0.248 e. The van der Waals surface area contributed by atoms with Crippen LogP contribution in [0.5, 0.6) is 11.5 Å². The lowest BCUT2D eigenvalue weighted by Crippen LogP contribution is -2.39. The maximum atomic E-state index is 12.5. The third kappa shape index (κ3) is 5.86. The Labute approximate surface area is 182 Å². The summed E-state index contributed by atoms with van der Waals surface area (Å²) in [6.07, 6.45) is 4.92. The maximum absolute atomic E-state index is 12.5. The van der Waals surface area contributed by atoms with Crippen molar-refractivity contribution in [3.63, 3.8) is 0 Å². The minimum Gasteiger partial charge on any atom is -0.493 e. The lowest BCUT2D eigenvalue weighted by molar-refractivity contribution is -0.122. The van der Waals surface area contributed by atoms with Crippen molar-refractivity contribution >= 4 is 23.6 Å². The van der Waals surface area contributed by atoms with Crippen LogP contribution >= 0.6 is 0 Å². The highest BCUT2D eigenvalue weighted by Gasteiger charge is 2.29. The summed E-state index contributed by atoms with van der Waals surface area (Å²) < 4.78 is 10.9. The number of methoxy groups -OCH3 is 1. The van der Waals surface area contributed by atoms with E-state index in [0.717, 1.165) is 36.2 Å². The molecular weight excluding hydrogens is 394 g/mol. The average molecular weight is 424 g/mol. The molecule has 1 aliphatic heterocycles. The van der Waals surface area contributed by atoms with Gasteiger partial charge < -0.3 is 20.5 Å². The van der Waals surface area contributed by atoms with Crippen molar-refractivity contribution in [3.05, 3.63) is 59.7 Å². The maximum Gasteiger partial charge on any atom is 0.248 e. The van der Waals surface area contributed by atoms with E-state index in [4.69, 9.17) is 15.2 Å². The number of likely N-dealkylation sites (tertiary alicyclic amines) is 1. The van der Waals surface area contributed by atoms with E-state index in [0.29, 0.717) is 24.7 Å². The number of hydrogen-bond donors (Lipinski definition) is 2. The van der Waals surface area contributed by atoms with Gasteiger partial charge in [-0.15, -0.1) is 0 Å². The monoisotopic (exact) mass is 423 g/mol. The van der Waals surface area contributed by atoms with Crippen LogP contribution in [0.1, 0.15) is 30.9 Å². The van der Waals surface area contributed by atoms with Gasteiger partial charge in [-0.2, -0.15) is 0 Å². The summed E-state index contributed by atoms with van der Waals surface area (Å²) in [5.41, 5.74) is 8.01. The first-order valence-corrected chi connectivity index (χ1v) is 10.4. The second-order valence-electron chi connectivity index (χ2n) is 7.35. The van der Waals surface area contributed by atoms with Gasteiger partial charge in [0.1, 0.15) is 0 Å². The van der Waals surface area contributed by atoms with Crippen molar-refractivity contribution in [3.8, 4) is 11.5 Å². The number of amides is 2. The van der Waals surface area contributed by atoms with Crippen LogP contribution in [0.2, 0.25) is 0 Å². The molecule has 3 rings (SSSR count). The molecule has 2 amide bonds. The number of anilines is 1. The van der Waals surface area contributed by atoms with E-state index < -0.39 is 0 Å². The normalized spacial score (nSPS) is 16.4. The number of primary amides is 1. The number of nitrogens with two attached hydrogens (primary N) is 1. The molecule has 0 spiro atoms. The molecule has 7 heteroatoms. The van der Waals surface area contributed by atoms with Crippen LogP contribution in [0.4, 0.5) is 5.69 Å². The fourth-order valence-corrected chi connectivity index (χ4v) is 3.75. The minimum absolute atomic E-state index is 0.242. The molecule has 31 heavy (non-hydrogen) atoms. The van der Waals surface area contributed by atoms with Crippen LogP contribution in [-0.2, 0) is 16.1 Å². The third-order valence-electron chi connectivity index (χ3n) is 5.26. The highest BCUT2D eigenvalue weighted by molar-refractivity contribution is 6.02. The van der Waals surface area contributed by atoms with Gasteiger partial charge in [0, 0.05) is 18.3 Å². The van der Waals surface area contributed by atoms with E-state index in [1.54, 1.807) is 13.2 Å². The quantitative estimate of drug-likeness (QED) is 0.604. The van der Waals surface area contributed by atoms with Crippen LogP contribution in [0.3, 0.4) is 0 Å². The van der Waals surface area contributed by atoms with E-state index in [1.807, 2.05) is 49.4 Å². The number of carbonyl (C=O) groups is 2. The molecule has 164 valence electrons. The Kier molecular flexibility index (Phi) is 7.67. The molecule has 1 aliphatic rings. The minimum atomic E-state index is -0.298. The van der Waals surface area contributed by atoms with Gasteiger partial charge in [-0.05, 0) is 61.7 Å². The highest BCUT2D eigenvalue weighted by Crippen LogP contribution is 2.28. The molecule has 1 unspecified atom stereocenters. The molecule has 3 N–H and O–H groups in total. The predicted molar refractivity (Wildman–Crippen MR) is 121 cm³/mol. The number of ether oxygens (including phenoxy) is 2. The lowest BCUT2D eigenvalue weighted by Gasteiger charge is -2.23. The second-order valence-corrected chi connectivity index (χ2v) is 7.35. The second kappa shape index (κ2) is 10.6. The molecule has 1 saturated heterocycles. The SMILES string of the molecule is CCOc1ccc(/C=C/C(=O)Nc2ccccc2CN2CCCC2C(N)=O)cc1OC. The standard InChI is InChI=1S/C24H29N3O4/c1-3-31-21-12-10-17(15-22(21)30-2)11-13-23(28)26-19-8-5-4-7-18(19)16-27-14-6-9-20(27)24(25)29/h4-5,7-8,10-13,15,20H,3,6,9,14,16H2,1-2H3,(H2,25,29)(H,26,28)/b13-11+. The van der Waals surface area contributed by atoms with E-state index in [-0.39, 0.29) is 17.9 Å². The van der Waals surface area contributed by atoms with Crippen molar-refractivity contribution in [1.82, 2.24) is 4.90 Å². The predicted octanol–water partition coefficient (Wildman–Crippen LogP) is 3.20. The van der Waals surface area contributed by atoms with E-state index in [1.165, 1.54) is 6.08 Å². The van der Waals surface area contributed by atoms with E-state index in [2.05, 4.69) is 10.2 Å². The molecule has 2 aromatic rings. The zero-order chi connectivity index (χ0) is 22.2. The van der Waals surface area contributed by atoms with E-state index in [9.17, 15) is 9.59 Å². The number of para-hydroxylation sites is 1. The molecule has 0 aliphatic carbocycles. The van der Waals surface area contributed by atoms with Crippen LogP contribution in [-0.4, -0.2) is 43.0 Å². The molecular formula is C24H29N3O4. The van der Waals surface area contributed by atoms with Crippen molar-refractivity contribution < 1.29 is 19.1 Å². The molecule has 1 heterocycles. The molecule has 0 aromatic heterocycles. The number of benzene rings is 2. The summed E-state index contributed by atoms with van der Waals surface area (Å²) in [6, 6.07) is 12.9. The van der Waals surface area contributed by atoms with Crippen molar-refractivity contribution in [1.29, 1.82) is 0 Å². The largest absolute Gasteiger partial charge is 0.493 e. The van der Waals surface area contributed by atoms with E-state index >= 15 is 0 Å². The van der Waals surface area contributed by atoms with Crippen LogP contribution in [0.25, 0.3) is 6.08 Å². The first-order valence-electron chi connectivity index (χ1n) is 10.4. The van der Waals surface area contributed by atoms with Gasteiger partial charge in [0.25, 0.3) is 0 Å². The fraction of sp³-hybridized carbons (Fsp3) is 0.333. The summed E-state index contributed by atoms with van der Waals surface area (Å²) in [5, 5.41) is 2.93. The topological polar surface area (TPSA) is 93.9 Å². The van der Waals surface area contributed by atoms with Crippen LogP contribution in [0.15, 0.2) is 48.5 Å². The number of nitrogens with zero attached hydrogens (tertiary/aromatic N) is 1. The fourth-order valence-electron chi connectivity index (χ4n) is 3.75. The van der Waals surface area contributed by atoms with Crippen LogP contribution < -0.4 is 20.5 Å². The Morgan fingerprint density at radius 3 is 2.77 bits per heavy atom. The molecule has 2 aromatic carbocycles. The van der Waals surface area contributed by atoms with Crippen molar-refractivity contribution in [2.45, 2.75) is 32.4 Å². The highest BCUT2D eigenvalue weighted by atomic mass is 16.5. The van der Waals surface area contributed by atoms with Gasteiger partial charge in [0.05, 0.1) is 19.8 Å². The summed E-state index contributed by atoms with van der Waals surface area (Å²) in [4.78, 5) is 26.3. The molecule has 1 atom stereocenters. The van der Waals surface area contributed by atoms with Gasteiger partial charge in [-0.3, -0.25) is 14.5 Å². The first-order chi connectivity index (χ1) is 15.0. The molecule has 0 bridgehead atoms. The van der Waals surface area contributed by atoms with Gasteiger partial charge in [0.2, 0.25) is 11.8 Å². The zero-order valence-corrected chi connectivity index (χ0v) is 18.0. The Balaban J connectivity index is 1.68. The van der Waals surface area contributed by atoms with Gasteiger partial charge in [-0.25, -0.2) is 0 Å². The van der Waals surface area contributed by atoms with Crippen LogP contribution in [0, 0.1) is 0 Å². The summed E-state index contributed by atoms with van der Waals surface area (Å²) in [6.45, 7) is 3.83. The Morgan fingerprint density at radius 2 is 2.03 bits per heavy atom. The van der Waals surface area contributed by atoms with Crippen molar-refractivity contribution in [2.75, 3.05) is 25.6 Å². The first kappa shape index (κ1) is 22.4. The van der Waals surface area contributed by atoms with Gasteiger partial charge in [0.15, 0.2) is 11.5 Å². The van der Waals surface area contributed by atoms with Crippen molar-refractivity contribution in [2.24, 2.45) is 5.73 Å². The molecule has 0 radical (unpaired) electrons. The van der Waals surface area contributed by atoms with Gasteiger partial charge in [-0.1, -0.05) is 24.3 Å². The Bertz CT molecular complexity index is 958. The number of hydrogen-bond acceptors (Lipinski definition) is 5. The average Bonchev–Trinajstić information content (AvgIpc) is 3.23. The summed E-state index contributed by atoms with van der Waals surface area (Å²) in [5.74, 6) is 0.738. The Morgan fingerprint density at radius 1 is 1.23 bits per heavy atom. The number of rotatable bonds is 9. The van der Waals surface area contributed by atoms with Gasteiger partial charge >= 0.3 is 0 Å². The zero-order valence-electron chi connectivity index (χ0n) is 18.0. The number of nitrogens with one attached hydrogen (secondary N) is 1. The summed E-state index contributed by atoms with van der Waals surface area (Å²) in [7, 11) is 1.58. The molecule has 1 fully saturated rings. The third-order valence-corrected chi connectivity index (χ3v) is 5.26. The molecule has 0 saturated carbocycles. The summed E-state index contributed by atoms with van der Waals surface area (Å²) >= 11 is 0. The Hall–Kier alpha value is -3.32. The number of carbonyl (C=O) groups excluding carboxylic acids is 2. The molecule has 7 nitrogen and oxygen atoms in total. The lowest BCUT2D eigenvalue weighted by atomic mass is 10.1.